The van der Waals surface area contributed by atoms with Gasteiger partial charge in [0.15, 0.2) is 0 Å². The summed E-state index contributed by atoms with van der Waals surface area (Å²) >= 11 is 7.56. The van der Waals surface area contributed by atoms with E-state index >= 15 is 0 Å². The van der Waals surface area contributed by atoms with Crippen LogP contribution in [0.25, 0.3) is 0 Å². The Labute approximate surface area is 270 Å². The van der Waals surface area contributed by atoms with Crippen LogP contribution in [0.1, 0.15) is 56.1 Å². The number of hydrogen-bond donors (Lipinski definition) is 2. The molecule has 1 radical (unpaired) electrons. The van der Waals surface area contributed by atoms with Crippen molar-refractivity contribution in [3.63, 3.8) is 0 Å². The fraction of sp³-hybridized carbons (Fsp3) is 0.500. The maximum atomic E-state index is 13.8. The van der Waals surface area contributed by atoms with Crippen LogP contribution in [0.2, 0.25) is 11.1 Å². The SMILES string of the molecule is CN(Cc1cccc(Cl)c1)C(=O)NC1S[C@@]1(CC1CCCCC1)C(=O)N[Si](C=O)CCC(=O)N1CCOc2ccccc2C1. The molecule has 2 heterocycles. The number of fused-ring (bicyclic) bond motifs is 1. The first-order valence-electron chi connectivity index (χ1n) is 15.3. The maximum Gasteiger partial charge on any atom is 0.318 e. The van der Waals surface area contributed by atoms with Crippen LogP contribution in [-0.4, -0.2) is 72.8 Å². The molecule has 2 aromatic carbocycles. The predicted molar refractivity (Wildman–Crippen MR) is 174 cm³/mol. The van der Waals surface area contributed by atoms with Gasteiger partial charge in [0.2, 0.25) is 20.8 Å². The third-order valence-corrected chi connectivity index (χ3v) is 12.0. The average molecular weight is 656 g/mol. The highest BCUT2D eigenvalue weighted by Gasteiger charge is 2.63. The highest BCUT2D eigenvalue weighted by Crippen LogP contribution is 2.57. The van der Waals surface area contributed by atoms with E-state index in [1.807, 2.05) is 42.5 Å². The Morgan fingerprint density at radius 1 is 1.16 bits per heavy atom. The molecule has 2 aliphatic heterocycles. The lowest BCUT2D eigenvalue weighted by Crippen LogP contribution is -2.51. The number of urea groups is 1. The van der Waals surface area contributed by atoms with Crippen LogP contribution >= 0.6 is 23.4 Å². The molecule has 2 N–H and O–H groups in total. The number of carbonyl (C=O) groups is 4. The van der Waals surface area contributed by atoms with Gasteiger partial charge in [0.25, 0.3) is 0 Å². The van der Waals surface area contributed by atoms with Crippen LogP contribution in [0.4, 0.5) is 4.79 Å². The van der Waals surface area contributed by atoms with Gasteiger partial charge in [0, 0.05) is 37.1 Å². The second-order valence-electron chi connectivity index (χ2n) is 11.9. The molecule has 12 heteroatoms. The summed E-state index contributed by atoms with van der Waals surface area (Å²) in [7, 11) is -0.272. The van der Waals surface area contributed by atoms with Crippen molar-refractivity contribution in [2.24, 2.45) is 5.92 Å². The third-order valence-electron chi connectivity index (χ3n) is 8.64. The minimum atomic E-state index is -1.99. The summed E-state index contributed by atoms with van der Waals surface area (Å²) in [6, 6.07) is 15.1. The number of rotatable bonds is 11. The Bertz CT molecular complexity index is 1360. The molecule has 4 amide bonds. The number of carbonyl (C=O) groups excluding carboxylic acids is 4. The van der Waals surface area contributed by atoms with Crippen LogP contribution in [0.15, 0.2) is 48.5 Å². The van der Waals surface area contributed by atoms with E-state index in [1.54, 1.807) is 22.9 Å². The summed E-state index contributed by atoms with van der Waals surface area (Å²) in [4.78, 5) is 58.6. The monoisotopic (exact) mass is 655 g/mol. The quantitative estimate of drug-likeness (QED) is 0.201. The fourth-order valence-electron chi connectivity index (χ4n) is 6.11. The van der Waals surface area contributed by atoms with Gasteiger partial charge in [-0.15, -0.1) is 11.8 Å². The molecule has 3 aliphatic rings. The van der Waals surface area contributed by atoms with E-state index in [4.69, 9.17) is 16.3 Å². The molecule has 2 fully saturated rings. The summed E-state index contributed by atoms with van der Waals surface area (Å²) in [5, 5.41) is 3.28. The predicted octanol–water partition coefficient (Wildman–Crippen LogP) is 4.95. The summed E-state index contributed by atoms with van der Waals surface area (Å²) in [6.07, 6.45) is 6.45. The lowest BCUT2D eigenvalue weighted by atomic mass is 9.82. The Balaban J connectivity index is 1.18. The minimum absolute atomic E-state index is 0.0606. The molecule has 2 aromatic rings. The number of halogens is 1. The van der Waals surface area contributed by atoms with Crippen LogP contribution in [-0.2, 0) is 27.5 Å². The number of benzene rings is 2. The van der Waals surface area contributed by atoms with Crippen LogP contribution in [0.3, 0.4) is 0 Å². The lowest BCUT2D eigenvalue weighted by molar-refractivity contribution is -0.131. The van der Waals surface area contributed by atoms with Gasteiger partial charge in [-0.1, -0.05) is 74.0 Å². The zero-order chi connectivity index (χ0) is 31.1. The van der Waals surface area contributed by atoms with E-state index in [1.165, 1.54) is 18.2 Å². The molecule has 2 atom stereocenters. The van der Waals surface area contributed by atoms with Crippen molar-refractivity contribution in [1.29, 1.82) is 0 Å². The van der Waals surface area contributed by atoms with Gasteiger partial charge in [-0.2, -0.15) is 0 Å². The number of hydrogen-bond acceptors (Lipinski definition) is 6. The number of thioether (sulfide) groups is 1. The third kappa shape index (κ3) is 8.16. The second kappa shape index (κ2) is 14.8. The molecule has 1 aliphatic carbocycles. The van der Waals surface area contributed by atoms with Crippen molar-refractivity contribution in [1.82, 2.24) is 20.1 Å². The summed E-state index contributed by atoms with van der Waals surface area (Å²) in [6.45, 7) is 1.72. The van der Waals surface area contributed by atoms with E-state index in [9.17, 15) is 19.2 Å². The first-order valence-corrected chi connectivity index (χ1v) is 18.4. The molecule has 44 heavy (non-hydrogen) atoms. The van der Waals surface area contributed by atoms with E-state index < -0.39 is 13.7 Å². The lowest BCUT2D eigenvalue weighted by Gasteiger charge is -2.27. The van der Waals surface area contributed by atoms with Crippen molar-refractivity contribution < 1.29 is 23.9 Å². The molecule has 9 nitrogen and oxygen atoms in total. The Morgan fingerprint density at radius 2 is 1.95 bits per heavy atom. The Morgan fingerprint density at radius 3 is 2.73 bits per heavy atom. The molecule has 1 saturated heterocycles. The topological polar surface area (TPSA) is 108 Å². The Hall–Kier alpha value is -3.02. The van der Waals surface area contributed by atoms with Gasteiger partial charge in [-0.05, 0) is 42.1 Å². The van der Waals surface area contributed by atoms with E-state index in [-0.39, 0.29) is 29.6 Å². The number of para-hydroxylation sites is 1. The molecular formula is C32H40ClN4O5SSi. The smallest absolute Gasteiger partial charge is 0.318 e. The number of amides is 4. The van der Waals surface area contributed by atoms with Crippen molar-refractivity contribution in [3.05, 3.63) is 64.7 Å². The summed E-state index contributed by atoms with van der Waals surface area (Å²) in [5.41, 5.74) is 1.86. The summed E-state index contributed by atoms with van der Waals surface area (Å²) < 4.78 is 4.96. The van der Waals surface area contributed by atoms with Crippen LogP contribution in [0, 0.1) is 5.92 Å². The maximum absolute atomic E-state index is 13.8. The van der Waals surface area contributed by atoms with Crippen molar-refractivity contribution in [2.45, 2.75) is 74.2 Å². The van der Waals surface area contributed by atoms with Crippen molar-refractivity contribution >= 4 is 56.1 Å². The van der Waals surface area contributed by atoms with Gasteiger partial charge in [-0.25, -0.2) is 4.79 Å². The molecule has 0 spiro atoms. The van der Waals surface area contributed by atoms with Crippen LogP contribution < -0.4 is 15.0 Å². The van der Waals surface area contributed by atoms with Gasteiger partial charge in [-0.3, -0.25) is 9.59 Å². The average Bonchev–Trinajstić information content (AvgIpc) is 3.76. The highest BCUT2D eigenvalue weighted by atomic mass is 35.5. The fourth-order valence-corrected chi connectivity index (χ4v) is 8.97. The van der Waals surface area contributed by atoms with Crippen molar-refractivity contribution in [2.75, 3.05) is 20.2 Å². The first-order chi connectivity index (χ1) is 21.3. The first kappa shape index (κ1) is 32.4. The molecule has 235 valence electrons. The zero-order valence-electron chi connectivity index (χ0n) is 25.1. The largest absolute Gasteiger partial charge is 0.491 e. The molecule has 5 rings (SSSR count). The number of nitrogens with zero attached hydrogens (tertiary/aromatic N) is 2. The van der Waals surface area contributed by atoms with Crippen LogP contribution in [0.5, 0.6) is 5.75 Å². The summed E-state index contributed by atoms with van der Waals surface area (Å²) in [5.74, 6) is 1.73. The normalized spacial score (nSPS) is 21.4. The van der Waals surface area contributed by atoms with E-state index in [0.717, 1.165) is 48.5 Å². The van der Waals surface area contributed by atoms with Gasteiger partial charge < -0.3 is 29.6 Å². The molecular weight excluding hydrogens is 616 g/mol. The second-order valence-corrected chi connectivity index (χ2v) is 15.8. The molecule has 1 unspecified atom stereocenters. The minimum Gasteiger partial charge on any atom is -0.491 e. The van der Waals surface area contributed by atoms with Gasteiger partial charge in [0.1, 0.15) is 28.4 Å². The van der Waals surface area contributed by atoms with E-state index in [2.05, 4.69) is 10.3 Å². The molecule has 1 saturated carbocycles. The van der Waals surface area contributed by atoms with Gasteiger partial charge in [0.05, 0.1) is 6.54 Å². The van der Waals surface area contributed by atoms with Crippen molar-refractivity contribution in [3.8, 4) is 5.75 Å². The highest BCUT2D eigenvalue weighted by molar-refractivity contribution is 8.09. The molecule has 0 aromatic heterocycles. The standard InChI is InChI=1S/C32H40ClN4O5SSi/c1-36(20-24-10-7-12-26(33)18-24)31(41)34-30-32(43-30,19-23-8-3-2-4-9-23)29(40)35-44(22-38)17-14-28(39)37-15-16-42-27-13-6-5-11-25(27)21-37/h5-7,10-13,18,22-23,30H,2-4,8-9,14-17,19-21H2,1H3,(H,34,41)(H,35,40)/t30?,32-/m0/s1. The van der Waals surface area contributed by atoms with E-state index in [0.29, 0.717) is 49.6 Å². The number of nitrogens with one attached hydrogen (secondary N) is 2. The van der Waals surface area contributed by atoms with Gasteiger partial charge >= 0.3 is 6.03 Å². The molecule has 0 bridgehead atoms. The number of ether oxygens (including phenoxy) is 1. The zero-order valence-corrected chi connectivity index (χ0v) is 27.6. The Kier molecular flexibility index (Phi) is 10.9.